The van der Waals surface area contributed by atoms with Crippen LogP contribution in [0.3, 0.4) is 0 Å². The normalized spacial score (nSPS) is 17.7. The van der Waals surface area contributed by atoms with Gasteiger partial charge in [-0.15, -0.1) is 4.40 Å². The summed E-state index contributed by atoms with van der Waals surface area (Å²) in [6.07, 6.45) is 1.32. The second-order valence-corrected chi connectivity index (χ2v) is 5.98. The van der Waals surface area contributed by atoms with Gasteiger partial charge in [0.2, 0.25) is 0 Å². The van der Waals surface area contributed by atoms with E-state index in [1.165, 1.54) is 6.21 Å². The molecule has 0 aliphatic carbocycles. The number of hydrogen-bond acceptors (Lipinski definition) is 3. The molecule has 0 bridgehead atoms. The van der Waals surface area contributed by atoms with Gasteiger partial charge in [-0.25, -0.2) is 0 Å². The van der Waals surface area contributed by atoms with Crippen LogP contribution in [0.5, 0.6) is 5.75 Å². The number of nitrogens with zero attached hydrogens (tertiary/aromatic N) is 1. The standard InChI is InChI=1S/C11H13NO3S/c1-11(2,3)9-4-5-10-8(6-9)7-12-16(13,14)15-10/h4-7H,1-3H3. The third-order valence-corrected chi connectivity index (χ3v) is 3.15. The number of hydrogen-bond donors (Lipinski definition) is 0. The van der Waals surface area contributed by atoms with E-state index in [0.29, 0.717) is 11.3 Å². The summed E-state index contributed by atoms with van der Waals surface area (Å²) < 4.78 is 30.3. The molecule has 0 amide bonds. The molecule has 0 saturated heterocycles. The van der Waals surface area contributed by atoms with Crippen molar-refractivity contribution < 1.29 is 12.6 Å². The first-order chi connectivity index (χ1) is 7.28. The summed E-state index contributed by atoms with van der Waals surface area (Å²) in [5.74, 6) is 0.336. The number of fused-ring (bicyclic) bond motifs is 1. The lowest BCUT2D eigenvalue weighted by atomic mass is 9.86. The third-order valence-electron chi connectivity index (χ3n) is 2.39. The summed E-state index contributed by atoms with van der Waals surface area (Å²) in [4.78, 5) is 0. The molecule has 0 aromatic heterocycles. The van der Waals surface area contributed by atoms with Crippen LogP contribution in [-0.2, 0) is 15.7 Å². The maximum Gasteiger partial charge on any atom is 0.428 e. The van der Waals surface area contributed by atoms with Crippen molar-refractivity contribution in [3.63, 3.8) is 0 Å². The summed E-state index contributed by atoms with van der Waals surface area (Å²) >= 11 is 0. The van der Waals surface area contributed by atoms with Crippen molar-refractivity contribution in [2.45, 2.75) is 26.2 Å². The molecule has 0 atom stereocenters. The Balaban J connectivity index is 2.51. The lowest BCUT2D eigenvalue weighted by Crippen LogP contribution is -2.15. The van der Waals surface area contributed by atoms with Crippen LogP contribution >= 0.6 is 0 Å². The van der Waals surface area contributed by atoms with Gasteiger partial charge in [0, 0.05) is 5.56 Å². The van der Waals surface area contributed by atoms with Crippen LogP contribution in [-0.4, -0.2) is 14.6 Å². The maximum atomic E-state index is 11.1. The van der Waals surface area contributed by atoms with E-state index in [0.717, 1.165) is 5.56 Å². The Kier molecular flexibility index (Phi) is 2.31. The summed E-state index contributed by atoms with van der Waals surface area (Å²) in [5, 5.41) is 0. The van der Waals surface area contributed by atoms with Gasteiger partial charge in [-0.2, -0.15) is 8.42 Å². The summed E-state index contributed by atoms with van der Waals surface area (Å²) in [5.41, 5.74) is 1.82. The van der Waals surface area contributed by atoms with Crippen LogP contribution < -0.4 is 4.18 Å². The Morgan fingerprint density at radius 1 is 1.25 bits per heavy atom. The molecule has 1 aliphatic rings. The van der Waals surface area contributed by atoms with Crippen LogP contribution in [0.2, 0.25) is 0 Å². The van der Waals surface area contributed by atoms with Crippen LogP contribution in [0.15, 0.2) is 22.6 Å². The smallest absolute Gasteiger partial charge is 0.365 e. The Hall–Kier alpha value is -1.36. The second kappa shape index (κ2) is 3.31. The molecule has 1 aromatic carbocycles. The summed E-state index contributed by atoms with van der Waals surface area (Å²) in [6, 6.07) is 5.43. The monoisotopic (exact) mass is 239 g/mol. The lowest BCUT2D eigenvalue weighted by Gasteiger charge is -2.21. The lowest BCUT2D eigenvalue weighted by molar-refractivity contribution is 0.485. The van der Waals surface area contributed by atoms with E-state index in [2.05, 4.69) is 25.2 Å². The zero-order chi connectivity index (χ0) is 12.0. The van der Waals surface area contributed by atoms with Crippen LogP contribution in [0, 0.1) is 0 Å². The van der Waals surface area contributed by atoms with Crippen LogP contribution in [0.1, 0.15) is 31.9 Å². The van der Waals surface area contributed by atoms with Crippen molar-refractivity contribution in [1.29, 1.82) is 0 Å². The van der Waals surface area contributed by atoms with Gasteiger partial charge in [0.15, 0.2) is 5.75 Å². The minimum Gasteiger partial charge on any atom is -0.365 e. The van der Waals surface area contributed by atoms with Gasteiger partial charge in [-0.1, -0.05) is 26.8 Å². The van der Waals surface area contributed by atoms with Gasteiger partial charge in [-0.3, -0.25) is 0 Å². The van der Waals surface area contributed by atoms with Crippen molar-refractivity contribution in [2.75, 3.05) is 0 Å². The number of rotatable bonds is 0. The van der Waals surface area contributed by atoms with Gasteiger partial charge in [-0.05, 0) is 23.1 Å². The molecule has 1 aromatic rings. The molecule has 1 aliphatic heterocycles. The average Bonchev–Trinajstić information content (AvgIpc) is 2.14. The molecule has 16 heavy (non-hydrogen) atoms. The van der Waals surface area contributed by atoms with Crippen molar-refractivity contribution >= 4 is 16.5 Å². The largest absolute Gasteiger partial charge is 0.428 e. The molecule has 0 fully saturated rings. The van der Waals surface area contributed by atoms with Gasteiger partial charge in [0.05, 0.1) is 6.21 Å². The Morgan fingerprint density at radius 2 is 1.94 bits per heavy atom. The van der Waals surface area contributed by atoms with Crippen molar-refractivity contribution in [2.24, 2.45) is 4.40 Å². The van der Waals surface area contributed by atoms with E-state index in [1.807, 2.05) is 12.1 Å². The molecule has 0 unspecified atom stereocenters. The molecular formula is C11H13NO3S. The highest BCUT2D eigenvalue weighted by Crippen LogP contribution is 2.29. The van der Waals surface area contributed by atoms with Gasteiger partial charge in [0.25, 0.3) is 0 Å². The number of benzene rings is 1. The first-order valence-corrected chi connectivity index (χ1v) is 6.29. The molecule has 4 nitrogen and oxygen atoms in total. The first-order valence-electron chi connectivity index (χ1n) is 4.92. The highest BCUT2D eigenvalue weighted by molar-refractivity contribution is 7.86. The zero-order valence-corrected chi connectivity index (χ0v) is 10.2. The maximum absolute atomic E-state index is 11.1. The van der Waals surface area contributed by atoms with Crippen molar-refractivity contribution in [3.05, 3.63) is 29.3 Å². The SMILES string of the molecule is CC(C)(C)c1ccc2c(c1)C=NS(=O)(=O)O2. The zero-order valence-electron chi connectivity index (χ0n) is 9.39. The second-order valence-electron chi connectivity index (χ2n) is 4.75. The molecule has 1 heterocycles. The minimum atomic E-state index is -3.78. The van der Waals surface area contributed by atoms with Crippen LogP contribution in [0.4, 0.5) is 0 Å². The summed E-state index contributed by atoms with van der Waals surface area (Å²) in [6.45, 7) is 6.27. The molecule has 0 saturated carbocycles. The minimum absolute atomic E-state index is 0.0131. The van der Waals surface area contributed by atoms with Gasteiger partial charge in [0.1, 0.15) is 0 Å². The topological polar surface area (TPSA) is 55.7 Å². The molecule has 0 radical (unpaired) electrons. The van der Waals surface area contributed by atoms with Crippen molar-refractivity contribution in [3.8, 4) is 5.75 Å². The third kappa shape index (κ3) is 2.09. The first kappa shape index (κ1) is 11.1. The van der Waals surface area contributed by atoms with Gasteiger partial charge >= 0.3 is 10.3 Å². The quantitative estimate of drug-likeness (QED) is 0.696. The molecule has 0 N–H and O–H groups in total. The fourth-order valence-electron chi connectivity index (χ4n) is 1.45. The molecule has 2 rings (SSSR count). The fraction of sp³-hybridized carbons (Fsp3) is 0.364. The molecule has 5 heteroatoms. The Bertz CT molecular complexity index is 553. The highest BCUT2D eigenvalue weighted by atomic mass is 32.2. The fourth-order valence-corrected chi connectivity index (χ4v) is 2.11. The summed E-state index contributed by atoms with van der Waals surface area (Å²) in [7, 11) is -3.78. The highest BCUT2D eigenvalue weighted by Gasteiger charge is 2.21. The van der Waals surface area contributed by atoms with E-state index in [4.69, 9.17) is 4.18 Å². The Labute approximate surface area is 95.2 Å². The van der Waals surface area contributed by atoms with E-state index >= 15 is 0 Å². The van der Waals surface area contributed by atoms with E-state index in [-0.39, 0.29) is 5.41 Å². The van der Waals surface area contributed by atoms with E-state index in [9.17, 15) is 8.42 Å². The predicted molar refractivity (Wildman–Crippen MR) is 62.3 cm³/mol. The van der Waals surface area contributed by atoms with E-state index in [1.54, 1.807) is 6.07 Å². The molecule has 86 valence electrons. The van der Waals surface area contributed by atoms with E-state index < -0.39 is 10.3 Å². The molecular weight excluding hydrogens is 226 g/mol. The van der Waals surface area contributed by atoms with Gasteiger partial charge < -0.3 is 4.18 Å². The van der Waals surface area contributed by atoms with Crippen LogP contribution in [0.25, 0.3) is 0 Å². The average molecular weight is 239 g/mol. The molecule has 0 spiro atoms. The van der Waals surface area contributed by atoms with Crippen molar-refractivity contribution in [1.82, 2.24) is 0 Å². The predicted octanol–water partition coefficient (Wildman–Crippen LogP) is 2.04. The Morgan fingerprint density at radius 3 is 2.56 bits per heavy atom.